The lowest BCUT2D eigenvalue weighted by molar-refractivity contribution is -0.140. The average Bonchev–Trinajstić information content (AvgIpc) is 2.25. The number of carboxylic acid groups (broad SMARTS) is 1. The first kappa shape index (κ1) is 14.8. The average molecular weight is 267 g/mol. The van der Waals surface area contributed by atoms with E-state index in [1.807, 2.05) is 0 Å². The van der Waals surface area contributed by atoms with E-state index in [-0.39, 0.29) is 6.04 Å². The fraction of sp³-hybridized carbons (Fsp3) is 0.938. The first-order valence-corrected chi connectivity index (χ1v) is 7.65. The molecule has 2 atom stereocenters. The fourth-order valence-corrected chi connectivity index (χ4v) is 4.76. The van der Waals surface area contributed by atoms with Crippen molar-refractivity contribution in [3.05, 3.63) is 0 Å². The molecule has 0 radical (unpaired) electrons. The van der Waals surface area contributed by atoms with Crippen molar-refractivity contribution in [1.29, 1.82) is 0 Å². The summed E-state index contributed by atoms with van der Waals surface area (Å²) in [6.45, 7) is 10.4. The molecule has 2 N–H and O–H groups in total. The minimum absolute atomic E-state index is 0.319. The molecule has 2 aliphatic rings. The summed E-state index contributed by atoms with van der Waals surface area (Å²) in [5.41, 5.74) is 0.853. The molecule has 0 spiro atoms. The Balaban J connectivity index is 1.97. The number of aliphatic carboxylic acids is 1. The molecule has 0 bridgehead atoms. The first-order valence-electron chi connectivity index (χ1n) is 7.65. The Morgan fingerprint density at radius 1 is 1.05 bits per heavy atom. The Morgan fingerprint density at radius 2 is 1.63 bits per heavy atom. The highest BCUT2D eigenvalue weighted by atomic mass is 16.4. The summed E-state index contributed by atoms with van der Waals surface area (Å²) in [5, 5.41) is 12.3. The Labute approximate surface area is 117 Å². The molecule has 3 heteroatoms. The summed E-state index contributed by atoms with van der Waals surface area (Å²) in [7, 11) is 0. The lowest BCUT2D eigenvalue weighted by Crippen LogP contribution is -2.47. The molecule has 0 amide bonds. The van der Waals surface area contributed by atoms with E-state index >= 15 is 0 Å². The largest absolute Gasteiger partial charge is 0.480 e. The van der Waals surface area contributed by atoms with Crippen molar-refractivity contribution in [2.75, 3.05) is 6.54 Å². The van der Waals surface area contributed by atoms with Crippen molar-refractivity contribution in [1.82, 2.24) is 5.32 Å². The molecule has 3 nitrogen and oxygen atoms in total. The molecule has 0 aromatic heterocycles. The number of hydrogen-bond acceptors (Lipinski definition) is 2. The summed E-state index contributed by atoms with van der Waals surface area (Å²) in [6.07, 6.45) is 5.74. The highest BCUT2D eigenvalue weighted by molar-refractivity contribution is 5.73. The lowest BCUT2D eigenvalue weighted by atomic mass is 9.58. The predicted octanol–water partition coefficient (Wildman–Crippen LogP) is 3.29. The third kappa shape index (κ3) is 3.71. The molecule has 0 aromatic rings. The van der Waals surface area contributed by atoms with Crippen molar-refractivity contribution < 1.29 is 9.90 Å². The third-order valence-electron chi connectivity index (χ3n) is 5.00. The van der Waals surface area contributed by atoms with Crippen LogP contribution in [0.25, 0.3) is 0 Å². The number of piperidine rings is 1. The zero-order valence-corrected chi connectivity index (χ0v) is 12.8. The maximum absolute atomic E-state index is 11.0. The van der Waals surface area contributed by atoms with Crippen LogP contribution in [0.3, 0.4) is 0 Å². The minimum Gasteiger partial charge on any atom is -0.480 e. The van der Waals surface area contributed by atoms with Gasteiger partial charge in [0.2, 0.25) is 0 Å². The monoisotopic (exact) mass is 267 g/mol. The van der Waals surface area contributed by atoms with Gasteiger partial charge in [-0.1, -0.05) is 27.7 Å². The zero-order chi connectivity index (χ0) is 14.3. The number of carboxylic acids is 1. The zero-order valence-electron chi connectivity index (χ0n) is 12.8. The highest BCUT2D eigenvalue weighted by Gasteiger charge is 2.42. The smallest absolute Gasteiger partial charge is 0.320 e. The second kappa shape index (κ2) is 5.08. The van der Waals surface area contributed by atoms with Gasteiger partial charge in [-0.3, -0.25) is 4.79 Å². The van der Waals surface area contributed by atoms with Crippen molar-refractivity contribution in [2.24, 2.45) is 22.7 Å². The van der Waals surface area contributed by atoms with Crippen molar-refractivity contribution >= 4 is 5.97 Å². The minimum atomic E-state index is -0.692. The Morgan fingerprint density at radius 3 is 2.05 bits per heavy atom. The van der Waals surface area contributed by atoms with Crippen LogP contribution in [-0.4, -0.2) is 23.7 Å². The van der Waals surface area contributed by atoms with Gasteiger partial charge in [-0.15, -0.1) is 0 Å². The summed E-state index contributed by atoms with van der Waals surface area (Å²) < 4.78 is 0. The van der Waals surface area contributed by atoms with E-state index in [9.17, 15) is 4.79 Å². The summed E-state index contributed by atoms with van der Waals surface area (Å²) >= 11 is 0. The second-order valence-electron chi connectivity index (χ2n) is 8.31. The van der Waals surface area contributed by atoms with Gasteiger partial charge in [0, 0.05) is 0 Å². The molecule has 0 aromatic carbocycles. The van der Waals surface area contributed by atoms with Gasteiger partial charge in [0.25, 0.3) is 0 Å². The molecule has 110 valence electrons. The lowest BCUT2D eigenvalue weighted by Gasteiger charge is -2.48. The van der Waals surface area contributed by atoms with E-state index in [1.165, 1.54) is 19.3 Å². The van der Waals surface area contributed by atoms with Crippen LogP contribution in [0.5, 0.6) is 0 Å². The number of nitrogens with one attached hydrogen (secondary N) is 1. The van der Waals surface area contributed by atoms with Crippen molar-refractivity contribution in [2.45, 2.75) is 65.8 Å². The van der Waals surface area contributed by atoms with Gasteiger partial charge in [-0.2, -0.15) is 0 Å². The van der Waals surface area contributed by atoms with Crippen LogP contribution in [0, 0.1) is 22.7 Å². The van der Waals surface area contributed by atoms with Crippen LogP contribution in [0.2, 0.25) is 0 Å². The normalized spacial score (nSPS) is 34.9. The van der Waals surface area contributed by atoms with Gasteiger partial charge < -0.3 is 10.4 Å². The molecule has 2 unspecified atom stereocenters. The third-order valence-corrected chi connectivity index (χ3v) is 5.00. The van der Waals surface area contributed by atoms with Crippen LogP contribution in [0.15, 0.2) is 0 Å². The van der Waals surface area contributed by atoms with E-state index in [0.717, 1.165) is 25.3 Å². The first-order chi connectivity index (χ1) is 8.69. The summed E-state index contributed by atoms with van der Waals surface area (Å²) in [6, 6.07) is -0.319. The Bertz CT molecular complexity index is 325. The molecule has 19 heavy (non-hydrogen) atoms. The molecule has 2 rings (SSSR count). The molecular weight excluding hydrogens is 238 g/mol. The van der Waals surface area contributed by atoms with Gasteiger partial charge in [0.1, 0.15) is 6.04 Å². The van der Waals surface area contributed by atoms with Gasteiger partial charge in [0.05, 0.1) is 0 Å². The predicted molar refractivity (Wildman–Crippen MR) is 77.1 cm³/mol. The van der Waals surface area contributed by atoms with E-state index in [4.69, 9.17) is 5.11 Å². The number of carbonyl (C=O) groups is 1. The molecule has 2 fully saturated rings. The standard InChI is InChI=1S/C16H29NO2/c1-15(2)7-12(8-16(3,4)10-15)11-5-6-13(14(18)19)17-9-11/h11-13,17H,5-10H2,1-4H3,(H,18,19). The van der Waals surface area contributed by atoms with Crippen LogP contribution in [0.1, 0.15) is 59.8 Å². The van der Waals surface area contributed by atoms with Gasteiger partial charge in [-0.05, 0) is 61.3 Å². The quantitative estimate of drug-likeness (QED) is 0.807. The summed E-state index contributed by atoms with van der Waals surface area (Å²) in [5.74, 6) is 0.721. The summed E-state index contributed by atoms with van der Waals surface area (Å²) in [4.78, 5) is 11.0. The topological polar surface area (TPSA) is 49.3 Å². The van der Waals surface area contributed by atoms with E-state index in [1.54, 1.807) is 0 Å². The van der Waals surface area contributed by atoms with Crippen LogP contribution >= 0.6 is 0 Å². The Kier molecular flexibility index (Phi) is 3.97. The number of hydrogen-bond donors (Lipinski definition) is 2. The molecule has 1 saturated carbocycles. The van der Waals surface area contributed by atoms with Crippen LogP contribution in [0.4, 0.5) is 0 Å². The van der Waals surface area contributed by atoms with Crippen LogP contribution < -0.4 is 5.32 Å². The van der Waals surface area contributed by atoms with E-state index in [2.05, 4.69) is 33.0 Å². The maximum Gasteiger partial charge on any atom is 0.320 e. The Hall–Kier alpha value is -0.570. The second-order valence-corrected chi connectivity index (χ2v) is 8.31. The van der Waals surface area contributed by atoms with Gasteiger partial charge in [-0.25, -0.2) is 0 Å². The van der Waals surface area contributed by atoms with Crippen molar-refractivity contribution in [3.63, 3.8) is 0 Å². The fourth-order valence-electron chi connectivity index (χ4n) is 4.76. The molecule has 1 saturated heterocycles. The number of rotatable bonds is 2. The molecular formula is C16H29NO2. The van der Waals surface area contributed by atoms with Crippen molar-refractivity contribution in [3.8, 4) is 0 Å². The molecule has 1 aliphatic heterocycles. The maximum atomic E-state index is 11.0. The van der Waals surface area contributed by atoms with Gasteiger partial charge in [0.15, 0.2) is 0 Å². The van der Waals surface area contributed by atoms with Crippen LogP contribution in [-0.2, 0) is 4.79 Å². The molecule has 1 aliphatic carbocycles. The van der Waals surface area contributed by atoms with E-state index < -0.39 is 5.97 Å². The SMILES string of the molecule is CC1(C)CC(C2CCC(C(=O)O)NC2)CC(C)(C)C1. The molecule has 1 heterocycles. The van der Waals surface area contributed by atoms with Gasteiger partial charge >= 0.3 is 5.97 Å². The highest BCUT2D eigenvalue weighted by Crippen LogP contribution is 2.51. The van der Waals surface area contributed by atoms with E-state index in [0.29, 0.717) is 16.7 Å².